The second-order valence-corrected chi connectivity index (χ2v) is 12.0. The minimum atomic E-state index is 0.0188. The molecule has 3 aromatic heterocycles. The Morgan fingerprint density at radius 2 is 2.02 bits per heavy atom. The van der Waals surface area contributed by atoms with E-state index in [4.69, 9.17) is 20.4 Å². The molecule has 4 aliphatic rings. The number of piperidine rings is 1. The van der Waals surface area contributed by atoms with Crippen LogP contribution < -0.4 is 15.8 Å². The van der Waals surface area contributed by atoms with Crippen molar-refractivity contribution in [2.45, 2.75) is 44.3 Å². The molecule has 3 N–H and O–H groups in total. The number of amides is 1. The summed E-state index contributed by atoms with van der Waals surface area (Å²) in [5.41, 5.74) is 13.0. The van der Waals surface area contributed by atoms with E-state index in [1.54, 1.807) is 7.11 Å². The maximum absolute atomic E-state index is 13.7. The fourth-order valence-corrected chi connectivity index (χ4v) is 7.17. The second kappa shape index (κ2) is 8.91. The fourth-order valence-electron chi connectivity index (χ4n) is 7.17. The Morgan fingerprint density at radius 1 is 1.15 bits per heavy atom. The second-order valence-electron chi connectivity index (χ2n) is 12.0. The summed E-state index contributed by atoms with van der Waals surface area (Å²) in [5, 5.41) is 4.49. The van der Waals surface area contributed by atoms with Gasteiger partial charge in [-0.3, -0.25) is 4.79 Å². The number of imidazole rings is 1. The number of aromatic nitrogens is 4. The van der Waals surface area contributed by atoms with Gasteiger partial charge in [0.1, 0.15) is 16.9 Å². The molecule has 4 aromatic rings. The van der Waals surface area contributed by atoms with E-state index in [0.717, 1.165) is 78.3 Å². The number of hydrogen-bond donors (Lipinski definition) is 2. The quantitative estimate of drug-likeness (QED) is 0.390. The monoisotopic (exact) mass is 537 g/mol. The fraction of sp³-hybridized carbons (Fsp3) is 0.452. The minimum absolute atomic E-state index is 0.0188. The number of carbonyl (C=O) groups is 1. The van der Waals surface area contributed by atoms with Crippen molar-refractivity contribution >= 4 is 33.5 Å². The van der Waals surface area contributed by atoms with Crippen LogP contribution in [-0.2, 0) is 13.6 Å². The molecule has 5 heterocycles. The standard InChI is InChI=1S/C31H35N7O2/c1-36-28-23(11-21(13-26(28)40-2)31(39)38-16-20-6-8-24(38)27(20)32)35-30(36)25-12-18-5-7-22(19-9-10-33-14-19)34-29(18)37(25)15-17-3-4-17/h5,7,9,11-13,17,20,24,27,33H,3-4,6,8,10,14-16,32H2,1-2H3/t20?,24?,27-/m1/s1. The van der Waals surface area contributed by atoms with Gasteiger partial charge >= 0.3 is 0 Å². The number of carbonyl (C=O) groups excluding carboxylic acids is 1. The highest BCUT2D eigenvalue weighted by molar-refractivity contribution is 6.00. The SMILES string of the molecule is COc1cc(C(=O)N2CC3CCC2[C@@H]3N)cc2nc(-c3cc4ccc(C5=CCNC5)nc4n3CC3CC3)n(C)c12. The maximum Gasteiger partial charge on any atom is 0.254 e. The van der Waals surface area contributed by atoms with Crippen molar-refractivity contribution < 1.29 is 9.53 Å². The van der Waals surface area contributed by atoms with Crippen molar-refractivity contribution in [2.24, 2.45) is 24.6 Å². The Kier molecular flexibility index (Phi) is 5.37. The van der Waals surface area contributed by atoms with E-state index in [2.05, 4.69) is 38.7 Å². The molecule has 2 bridgehead atoms. The summed E-state index contributed by atoms with van der Waals surface area (Å²) in [5.74, 6) is 2.60. The summed E-state index contributed by atoms with van der Waals surface area (Å²) < 4.78 is 10.3. The molecule has 1 aromatic carbocycles. The minimum Gasteiger partial charge on any atom is -0.494 e. The summed E-state index contributed by atoms with van der Waals surface area (Å²) >= 11 is 0. The molecule has 9 heteroatoms. The predicted molar refractivity (Wildman–Crippen MR) is 155 cm³/mol. The first-order valence-electron chi connectivity index (χ1n) is 14.5. The molecule has 1 amide bonds. The van der Waals surface area contributed by atoms with Crippen LogP contribution in [0.1, 0.15) is 41.7 Å². The highest BCUT2D eigenvalue weighted by atomic mass is 16.5. The third-order valence-electron chi connectivity index (χ3n) is 9.56. The number of nitrogens with one attached hydrogen (secondary N) is 1. The molecule has 2 aliphatic carbocycles. The average molecular weight is 538 g/mol. The molecular weight excluding hydrogens is 502 g/mol. The highest BCUT2D eigenvalue weighted by Crippen LogP contribution is 2.40. The van der Waals surface area contributed by atoms with E-state index in [-0.39, 0.29) is 18.0 Å². The van der Waals surface area contributed by atoms with Gasteiger partial charge in [0.05, 0.1) is 24.0 Å². The summed E-state index contributed by atoms with van der Waals surface area (Å²) in [6.45, 7) is 3.41. The number of rotatable bonds is 6. The zero-order chi connectivity index (χ0) is 27.1. The van der Waals surface area contributed by atoms with Gasteiger partial charge < -0.3 is 29.8 Å². The van der Waals surface area contributed by atoms with E-state index in [9.17, 15) is 4.79 Å². The maximum atomic E-state index is 13.7. The van der Waals surface area contributed by atoms with Crippen LogP contribution in [-0.4, -0.2) is 68.7 Å². The topological polar surface area (TPSA) is 103 Å². The van der Waals surface area contributed by atoms with E-state index in [0.29, 0.717) is 23.1 Å². The molecule has 40 heavy (non-hydrogen) atoms. The molecular formula is C31H35N7O2. The van der Waals surface area contributed by atoms with Crippen molar-refractivity contribution in [2.75, 3.05) is 26.7 Å². The summed E-state index contributed by atoms with van der Waals surface area (Å²) in [7, 11) is 3.69. The van der Waals surface area contributed by atoms with Gasteiger partial charge in [0, 0.05) is 56.3 Å². The normalized spacial score (nSPS) is 24.0. The Balaban J connectivity index is 1.24. The molecule has 0 spiro atoms. The molecule has 8 rings (SSSR count). The number of nitrogens with zero attached hydrogens (tertiary/aromatic N) is 5. The Hall–Kier alpha value is -3.69. The largest absolute Gasteiger partial charge is 0.494 e. The van der Waals surface area contributed by atoms with Crippen LogP contribution >= 0.6 is 0 Å². The smallest absolute Gasteiger partial charge is 0.254 e. The molecule has 9 nitrogen and oxygen atoms in total. The van der Waals surface area contributed by atoms with Gasteiger partial charge in [0.25, 0.3) is 5.91 Å². The van der Waals surface area contributed by atoms with Crippen molar-refractivity contribution in [1.82, 2.24) is 29.3 Å². The van der Waals surface area contributed by atoms with Crippen LogP contribution in [0.4, 0.5) is 0 Å². The van der Waals surface area contributed by atoms with Gasteiger partial charge in [0.15, 0.2) is 5.82 Å². The Labute approximate surface area is 233 Å². The average Bonchev–Trinajstić information content (AvgIpc) is 3.34. The molecule has 3 atom stereocenters. The van der Waals surface area contributed by atoms with E-state index >= 15 is 0 Å². The van der Waals surface area contributed by atoms with Gasteiger partial charge in [-0.15, -0.1) is 0 Å². The molecule has 3 fully saturated rings. The molecule has 2 unspecified atom stereocenters. The number of ether oxygens (including phenoxy) is 1. The molecule has 2 saturated carbocycles. The van der Waals surface area contributed by atoms with E-state index in [1.807, 2.05) is 24.1 Å². The Bertz CT molecular complexity index is 1710. The predicted octanol–water partition coefficient (Wildman–Crippen LogP) is 3.56. The zero-order valence-electron chi connectivity index (χ0n) is 23.1. The van der Waals surface area contributed by atoms with Crippen LogP contribution in [0.15, 0.2) is 36.4 Å². The number of nitrogens with two attached hydrogens (primary N) is 1. The van der Waals surface area contributed by atoms with Crippen LogP contribution in [0.3, 0.4) is 0 Å². The van der Waals surface area contributed by atoms with Crippen LogP contribution in [0.5, 0.6) is 5.75 Å². The van der Waals surface area contributed by atoms with Gasteiger partial charge in [-0.1, -0.05) is 6.08 Å². The highest BCUT2D eigenvalue weighted by Gasteiger charge is 2.47. The lowest BCUT2D eigenvalue weighted by Gasteiger charge is -2.27. The van der Waals surface area contributed by atoms with Crippen LogP contribution in [0, 0.1) is 11.8 Å². The zero-order valence-corrected chi connectivity index (χ0v) is 23.1. The van der Waals surface area contributed by atoms with Gasteiger partial charge in [-0.05, 0) is 73.4 Å². The lowest BCUT2D eigenvalue weighted by Crippen LogP contribution is -2.41. The number of aryl methyl sites for hydroxylation is 1. The molecule has 0 radical (unpaired) electrons. The Morgan fingerprint density at radius 3 is 2.73 bits per heavy atom. The summed E-state index contributed by atoms with van der Waals surface area (Å²) in [6.07, 6.45) is 6.82. The number of methoxy groups -OCH3 is 1. The van der Waals surface area contributed by atoms with Gasteiger partial charge in [-0.2, -0.15) is 0 Å². The van der Waals surface area contributed by atoms with E-state index in [1.165, 1.54) is 18.4 Å². The van der Waals surface area contributed by atoms with E-state index < -0.39 is 0 Å². The van der Waals surface area contributed by atoms with Crippen molar-refractivity contribution in [3.05, 3.63) is 47.7 Å². The first kappa shape index (κ1) is 24.1. The molecule has 206 valence electrons. The number of pyridine rings is 1. The van der Waals surface area contributed by atoms with Gasteiger partial charge in [0.2, 0.25) is 0 Å². The molecule has 1 saturated heterocycles. The number of fused-ring (bicyclic) bond motifs is 4. The van der Waals surface area contributed by atoms with Crippen molar-refractivity contribution in [3.8, 4) is 17.3 Å². The van der Waals surface area contributed by atoms with Crippen molar-refractivity contribution in [1.29, 1.82) is 0 Å². The summed E-state index contributed by atoms with van der Waals surface area (Å²) in [4.78, 5) is 25.9. The number of benzene rings is 1. The van der Waals surface area contributed by atoms with Crippen LogP contribution in [0.25, 0.3) is 39.2 Å². The number of likely N-dealkylation sites (tertiary alicyclic amines) is 1. The lowest BCUT2D eigenvalue weighted by atomic mass is 10.1. The molecule has 2 aliphatic heterocycles. The number of hydrogen-bond acceptors (Lipinski definition) is 6. The lowest BCUT2D eigenvalue weighted by molar-refractivity contribution is 0.0700. The van der Waals surface area contributed by atoms with Crippen LogP contribution in [0.2, 0.25) is 0 Å². The van der Waals surface area contributed by atoms with Crippen molar-refractivity contribution in [3.63, 3.8) is 0 Å². The van der Waals surface area contributed by atoms with Gasteiger partial charge in [-0.25, -0.2) is 9.97 Å². The third-order valence-corrected chi connectivity index (χ3v) is 9.56. The summed E-state index contributed by atoms with van der Waals surface area (Å²) in [6, 6.07) is 10.5. The first-order valence-corrected chi connectivity index (χ1v) is 14.5. The third kappa shape index (κ3) is 3.64. The first-order chi connectivity index (χ1) is 19.5.